The lowest BCUT2D eigenvalue weighted by Gasteiger charge is -2.10. The standard InChI is InChI=1S/C18H20NO5P/c1-22-16-10-8-14(9-11-16)12-17(25(21)23-2)19-18(20)24-13-15-6-4-3-5-7-15/h3-11,17H,12-13H2,1-2H3/p+1/t17-/m1/s1. The van der Waals surface area contributed by atoms with E-state index in [0.717, 1.165) is 16.9 Å². The first-order valence-corrected chi connectivity index (χ1v) is 8.97. The van der Waals surface area contributed by atoms with E-state index in [9.17, 15) is 9.36 Å². The Bertz CT molecular complexity index is 690. The van der Waals surface area contributed by atoms with E-state index in [1.165, 1.54) is 7.11 Å². The Kier molecular flexibility index (Phi) is 7.38. The number of carbonyl (C=O) groups is 1. The Morgan fingerprint density at radius 2 is 1.72 bits per heavy atom. The van der Waals surface area contributed by atoms with Gasteiger partial charge in [0.1, 0.15) is 12.4 Å². The van der Waals surface area contributed by atoms with E-state index in [0.29, 0.717) is 6.42 Å². The number of nitrogens with one attached hydrogen (secondary N) is 1. The molecule has 0 aliphatic heterocycles. The number of rotatable bonds is 8. The molecule has 6 nitrogen and oxygen atoms in total. The average molecular weight is 362 g/mol. The third-order valence-electron chi connectivity index (χ3n) is 3.52. The summed E-state index contributed by atoms with van der Waals surface area (Å²) in [7, 11) is 0.864. The molecule has 0 aromatic heterocycles. The molecule has 2 aromatic rings. The Labute approximate surface area is 148 Å². The number of ether oxygens (including phenoxy) is 2. The van der Waals surface area contributed by atoms with Crippen LogP contribution in [0.4, 0.5) is 4.79 Å². The first-order valence-electron chi connectivity index (χ1n) is 7.73. The minimum Gasteiger partial charge on any atom is -0.497 e. The fourth-order valence-corrected chi connectivity index (χ4v) is 3.02. The average Bonchev–Trinajstić information content (AvgIpc) is 2.66. The fraction of sp³-hybridized carbons (Fsp3) is 0.278. The van der Waals surface area contributed by atoms with Gasteiger partial charge in [0, 0.05) is 6.42 Å². The smallest absolute Gasteiger partial charge is 0.497 e. The van der Waals surface area contributed by atoms with Crippen molar-refractivity contribution in [3.05, 3.63) is 65.7 Å². The SMILES string of the molecule is COc1ccc(C[C@H](NC(=O)OCc2ccccc2)[P+](=O)OC)cc1. The molecule has 1 N–H and O–H groups in total. The Morgan fingerprint density at radius 1 is 1.04 bits per heavy atom. The summed E-state index contributed by atoms with van der Waals surface area (Å²) in [6, 6.07) is 16.6. The van der Waals surface area contributed by atoms with Gasteiger partial charge in [-0.15, -0.1) is 4.52 Å². The molecule has 132 valence electrons. The van der Waals surface area contributed by atoms with Crippen LogP contribution in [-0.4, -0.2) is 26.1 Å². The quantitative estimate of drug-likeness (QED) is 0.722. The number of benzene rings is 2. The first kappa shape index (κ1) is 18.9. The highest BCUT2D eigenvalue weighted by Gasteiger charge is 2.34. The summed E-state index contributed by atoms with van der Waals surface area (Å²) in [5.74, 6) is 0.0447. The molecular weight excluding hydrogens is 341 g/mol. The second-order valence-corrected chi connectivity index (χ2v) is 6.80. The molecule has 2 atom stereocenters. The molecule has 0 aliphatic rings. The van der Waals surface area contributed by atoms with Gasteiger partial charge < -0.3 is 9.47 Å². The van der Waals surface area contributed by atoms with Crippen molar-refractivity contribution in [3.63, 3.8) is 0 Å². The fourth-order valence-electron chi connectivity index (χ4n) is 2.19. The van der Waals surface area contributed by atoms with Crippen molar-refractivity contribution < 1.29 is 23.4 Å². The van der Waals surface area contributed by atoms with Crippen molar-refractivity contribution in [1.29, 1.82) is 0 Å². The molecule has 0 saturated carbocycles. The van der Waals surface area contributed by atoms with Gasteiger partial charge in [-0.2, -0.15) is 0 Å². The van der Waals surface area contributed by atoms with Gasteiger partial charge in [-0.3, -0.25) is 5.32 Å². The first-order chi connectivity index (χ1) is 12.1. The summed E-state index contributed by atoms with van der Waals surface area (Å²) in [6.45, 7) is 0.145. The molecule has 1 amide bonds. The molecule has 0 saturated heterocycles. The van der Waals surface area contributed by atoms with E-state index in [2.05, 4.69) is 5.32 Å². The lowest BCUT2D eigenvalue weighted by molar-refractivity contribution is 0.138. The number of alkyl carbamates (subject to hydrolysis) is 1. The summed E-state index contributed by atoms with van der Waals surface area (Å²) in [5, 5.41) is 2.61. The van der Waals surface area contributed by atoms with Crippen LogP contribution < -0.4 is 10.1 Å². The van der Waals surface area contributed by atoms with E-state index >= 15 is 0 Å². The van der Waals surface area contributed by atoms with E-state index in [-0.39, 0.29) is 6.61 Å². The van der Waals surface area contributed by atoms with Gasteiger partial charge in [0.05, 0.1) is 14.2 Å². The molecule has 1 unspecified atom stereocenters. The predicted molar refractivity (Wildman–Crippen MR) is 94.9 cm³/mol. The van der Waals surface area contributed by atoms with Gasteiger partial charge in [0.25, 0.3) is 5.78 Å². The molecule has 0 aliphatic carbocycles. The van der Waals surface area contributed by atoms with Crippen molar-refractivity contribution >= 4 is 14.1 Å². The summed E-state index contributed by atoms with van der Waals surface area (Å²) in [4.78, 5) is 12.0. The van der Waals surface area contributed by atoms with Gasteiger partial charge in [0.2, 0.25) is 0 Å². The van der Waals surface area contributed by atoms with Crippen LogP contribution in [-0.2, 0) is 26.9 Å². The van der Waals surface area contributed by atoms with Gasteiger partial charge >= 0.3 is 14.1 Å². The Morgan fingerprint density at radius 3 is 2.32 bits per heavy atom. The number of carbonyl (C=O) groups excluding carboxylic acids is 1. The molecule has 2 aromatic carbocycles. The zero-order chi connectivity index (χ0) is 18.1. The topological polar surface area (TPSA) is 73.9 Å². The van der Waals surface area contributed by atoms with Crippen molar-refractivity contribution in [1.82, 2.24) is 5.32 Å². The van der Waals surface area contributed by atoms with Gasteiger partial charge in [-0.1, -0.05) is 42.5 Å². The van der Waals surface area contributed by atoms with Crippen LogP contribution in [0.2, 0.25) is 0 Å². The van der Waals surface area contributed by atoms with Crippen LogP contribution in [0, 0.1) is 0 Å². The van der Waals surface area contributed by atoms with Crippen molar-refractivity contribution in [2.45, 2.75) is 18.8 Å². The zero-order valence-corrected chi connectivity index (χ0v) is 15.1. The third-order valence-corrected chi connectivity index (χ3v) is 4.70. The molecule has 2 rings (SSSR count). The van der Waals surface area contributed by atoms with Crippen molar-refractivity contribution in [3.8, 4) is 5.75 Å². The predicted octanol–water partition coefficient (Wildman–Crippen LogP) is 3.88. The molecule has 0 radical (unpaired) electrons. The number of methoxy groups -OCH3 is 1. The molecular formula is C18H21NO5P+. The summed E-state index contributed by atoms with van der Waals surface area (Å²) in [5.41, 5.74) is 1.77. The van der Waals surface area contributed by atoms with Crippen LogP contribution in [0.1, 0.15) is 11.1 Å². The number of hydrogen-bond acceptors (Lipinski definition) is 5. The third kappa shape index (κ3) is 6.18. The van der Waals surface area contributed by atoms with E-state index < -0.39 is 19.9 Å². The minimum absolute atomic E-state index is 0.145. The van der Waals surface area contributed by atoms with Gasteiger partial charge in [-0.25, -0.2) is 4.79 Å². The van der Waals surface area contributed by atoms with Crippen molar-refractivity contribution in [2.24, 2.45) is 0 Å². The lowest BCUT2D eigenvalue weighted by Crippen LogP contribution is -2.34. The van der Waals surface area contributed by atoms with Crippen LogP contribution in [0.15, 0.2) is 54.6 Å². The van der Waals surface area contributed by atoms with Crippen LogP contribution >= 0.6 is 8.03 Å². The number of amides is 1. The molecule has 0 spiro atoms. The highest BCUT2D eigenvalue weighted by molar-refractivity contribution is 7.40. The largest absolute Gasteiger partial charge is 0.533 e. The highest BCUT2D eigenvalue weighted by Crippen LogP contribution is 2.29. The normalized spacial score (nSPS) is 12.2. The summed E-state index contributed by atoms with van der Waals surface area (Å²) in [6.07, 6.45) is -0.282. The second kappa shape index (κ2) is 9.77. The summed E-state index contributed by atoms with van der Waals surface area (Å²) >= 11 is 0. The van der Waals surface area contributed by atoms with Gasteiger partial charge in [-0.05, 0) is 27.8 Å². The van der Waals surface area contributed by atoms with Crippen LogP contribution in [0.25, 0.3) is 0 Å². The van der Waals surface area contributed by atoms with Crippen molar-refractivity contribution in [2.75, 3.05) is 14.2 Å². The van der Waals surface area contributed by atoms with Crippen LogP contribution in [0.5, 0.6) is 5.75 Å². The molecule has 25 heavy (non-hydrogen) atoms. The van der Waals surface area contributed by atoms with E-state index in [1.54, 1.807) is 19.2 Å². The Balaban J connectivity index is 1.94. The second-order valence-electron chi connectivity index (χ2n) is 5.24. The minimum atomic E-state index is -2.07. The zero-order valence-electron chi connectivity index (χ0n) is 14.2. The lowest BCUT2D eigenvalue weighted by atomic mass is 10.1. The maximum absolute atomic E-state index is 12.1. The maximum Gasteiger partial charge on any atom is 0.533 e. The molecule has 0 heterocycles. The van der Waals surface area contributed by atoms with E-state index in [4.69, 9.17) is 14.0 Å². The Hall–Kier alpha value is -2.43. The number of hydrogen-bond donors (Lipinski definition) is 1. The van der Waals surface area contributed by atoms with E-state index in [1.807, 2.05) is 42.5 Å². The molecule has 0 fully saturated rings. The monoisotopic (exact) mass is 362 g/mol. The summed E-state index contributed by atoms with van der Waals surface area (Å²) < 4.78 is 27.3. The molecule has 0 bridgehead atoms. The highest BCUT2D eigenvalue weighted by atomic mass is 31.1. The maximum atomic E-state index is 12.1. The van der Waals surface area contributed by atoms with Crippen LogP contribution in [0.3, 0.4) is 0 Å². The van der Waals surface area contributed by atoms with Gasteiger partial charge in [0.15, 0.2) is 0 Å². The molecule has 7 heteroatoms.